The number of carbonyl (C=O) groups excluding carboxylic acids is 1. The highest BCUT2D eigenvalue weighted by Gasteiger charge is 2.20. The van der Waals surface area contributed by atoms with E-state index in [0.29, 0.717) is 5.56 Å². The molecule has 0 aliphatic carbocycles. The van der Waals surface area contributed by atoms with Gasteiger partial charge in [0.25, 0.3) is 0 Å². The summed E-state index contributed by atoms with van der Waals surface area (Å²) < 4.78 is 1.80. The topological polar surface area (TPSA) is 63.9 Å². The lowest BCUT2D eigenvalue weighted by Crippen LogP contribution is -2.34. The van der Waals surface area contributed by atoms with Gasteiger partial charge in [-0.05, 0) is 54.0 Å². The van der Waals surface area contributed by atoms with Crippen LogP contribution in [0, 0.1) is 5.92 Å². The third-order valence-electron chi connectivity index (χ3n) is 6.74. The van der Waals surface area contributed by atoms with E-state index in [0.717, 1.165) is 52.4 Å². The van der Waals surface area contributed by atoms with Crippen LogP contribution < -0.4 is 4.90 Å². The fourth-order valence-electron chi connectivity index (χ4n) is 4.63. The Labute approximate surface area is 194 Å². The molecule has 0 spiro atoms. The molecule has 0 unspecified atom stereocenters. The van der Waals surface area contributed by atoms with E-state index in [4.69, 9.17) is 0 Å². The van der Waals surface area contributed by atoms with Gasteiger partial charge in [0.05, 0.1) is 12.6 Å². The van der Waals surface area contributed by atoms with Gasteiger partial charge in [0.15, 0.2) is 5.78 Å². The van der Waals surface area contributed by atoms with Crippen molar-refractivity contribution in [3.63, 3.8) is 0 Å². The van der Waals surface area contributed by atoms with Crippen LogP contribution in [0.25, 0.3) is 21.9 Å². The Hall–Kier alpha value is -3.54. The van der Waals surface area contributed by atoms with Gasteiger partial charge in [-0.25, -0.2) is 4.98 Å². The van der Waals surface area contributed by atoms with E-state index in [2.05, 4.69) is 45.1 Å². The number of aryl methyl sites for hydroxylation is 1. The minimum Gasteiger partial charge on any atom is -0.357 e. The second-order valence-electron chi connectivity index (χ2n) is 8.98. The largest absolute Gasteiger partial charge is 0.357 e. The number of pyridine rings is 2. The summed E-state index contributed by atoms with van der Waals surface area (Å²) in [6.07, 6.45) is 11.4. The number of anilines is 1. The van der Waals surface area contributed by atoms with Crippen molar-refractivity contribution in [3.8, 4) is 11.1 Å². The van der Waals surface area contributed by atoms with Crippen molar-refractivity contribution in [3.05, 3.63) is 72.4 Å². The minimum absolute atomic E-state index is 0.0670. The highest BCUT2D eigenvalue weighted by Crippen LogP contribution is 2.26. The number of rotatable bonds is 6. The van der Waals surface area contributed by atoms with Crippen LogP contribution >= 0.6 is 0 Å². The van der Waals surface area contributed by atoms with Crippen molar-refractivity contribution < 1.29 is 4.79 Å². The van der Waals surface area contributed by atoms with Crippen LogP contribution in [0.2, 0.25) is 0 Å². The van der Waals surface area contributed by atoms with Crippen LogP contribution in [0.15, 0.2) is 61.2 Å². The summed E-state index contributed by atoms with van der Waals surface area (Å²) in [4.78, 5) is 24.5. The van der Waals surface area contributed by atoms with Crippen LogP contribution in [0.4, 0.5) is 5.82 Å². The van der Waals surface area contributed by atoms with E-state index >= 15 is 0 Å². The van der Waals surface area contributed by atoms with Crippen molar-refractivity contribution in [1.82, 2.24) is 19.7 Å². The number of benzene rings is 1. The first-order chi connectivity index (χ1) is 16.1. The number of ketones is 1. The molecule has 1 aliphatic rings. The molecule has 3 aromatic heterocycles. The van der Waals surface area contributed by atoms with Gasteiger partial charge in [-0.15, -0.1) is 0 Å². The predicted molar refractivity (Wildman–Crippen MR) is 131 cm³/mol. The zero-order valence-electron chi connectivity index (χ0n) is 19.2. The molecule has 5 rings (SSSR count). The van der Waals surface area contributed by atoms with Crippen molar-refractivity contribution in [1.29, 1.82) is 0 Å². The molecule has 1 fully saturated rings. The average Bonchev–Trinajstić information content (AvgIpc) is 3.30. The number of fused-ring (bicyclic) bond motifs is 1. The maximum atomic E-state index is 13.1. The van der Waals surface area contributed by atoms with Gasteiger partial charge in [0.2, 0.25) is 0 Å². The van der Waals surface area contributed by atoms with Crippen LogP contribution in [0.1, 0.15) is 42.2 Å². The Morgan fingerprint density at radius 3 is 2.61 bits per heavy atom. The first-order valence-corrected chi connectivity index (χ1v) is 11.7. The van der Waals surface area contributed by atoms with E-state index in [1.165, 1.54) is 19.3 Å². The Kier molecular flexibility index (Phi) is 5.90. The molecule has 0 saturated carbocycles. The highest BCUT2D eigenvalue weighted by molar-refractivity contribution is 5.98. The molecule has 4 heterocycles. The molecule has 0 N–H and O–H groups in total. The first-order valence-electron chi connectivity index (χ1n) is 11.7. The standard InChI is InChI=1S/C27H29N5O/c1-3-19-7-10-32(11-8-19)27-14-21(6-9-28-27)26(33)15-25-13-23-12-20(4-5-22(23)16-29-25)24-17-30-31(2)18-24/h4-6,9,12-14,16-19H,3,7-8,10-11,15H2,1-2H3. The van der Waals surface area contributed by atoms with Crippen LogP contribution in [-0.2, 0) is 13.5 Å². The van der Waals surface area contributed by atoms with E-state index in [1.54, 1.807) is 10.9 Å². The molecule has 1 aromatic carbocycles. The second-order valence-corrected chi connectivity index (χ2v) is 8.98. The summed E-state index contributed by atoms with van der Waals surface area (Å²) in [6.45, 7) is 4.28. The summed E-state index contributed by atoms with van der Waals surface area (Å²) in [5.74, 6) is 1.78. The van der Waals surface area contributed by atoms with Gasteiger partial charge in [-0.2, -0.15) is 5.10 Å². The van der Waals surface area contributed by atoms with E-state index < -0.39 is 0 Å². The lowest BCUT2D eigenvalue weighted by Gasteiger charge is -2.32. The molecule has 6 heteroatoms. The predicted octanol–water partition coefficient (Wildman–Crippen LogP) is 5.08. The van der Waals surface area contributed by atoms with Gasteiger partial charge in [0.1, 0.15) is 5.82 Å². The Bertz CT molecular complexity index is 1290. The van der Waals surface area contributed by atoms with E-state index in [-0.39, 0.29) is 12.2 Å². The fourth-order valence-corrected chi connectivity index (χ4v) is 4.63. The first kappa shape index (κ1) is 21.3. The van der Waals surface area contributed by atoms with Gasteiger partial charge in [0, 0.05) is 60.9 Å². The van der Waals surface area contributed by atoms with E-state index in [9.17, 15) is 4.79 Å². The molecule has 33 heavy (non-hydrogen) atoms. The zero-order chi connectivity index (χ0) is 22.8. The summed E-state index contributed by atoms with van der Waals surface area (Å²) in [6, 6.07) is 12.0. The molecule has 1 aliphatic heterocycles. The Morgan fingerprint density at radius 2 is 1.85 bits per heavy atom. The monoisotopic (exact) mass is 439 g/mol. The lowest BCUT2D eigenvalue weighted by atomic mass is 9.94. The number of Topliss-reactive ketones (excluding diaryl/α,β-unsaturated/α-hetero) is 1. The van der Waals surface area contributed by atoms with Gasteiger partial charge >= 0.3 is 0 Å². The molecular weight excluding hydrogens is 410 g/mol. The smallest absolute Gasteiger partial charge is 0.169 e. The number of nitrogens with zero attached hydrogens (tertiary/aromatic N) is 5. The molecule has 168 valence electrons. The van der Waals surface area contributed by atoms with Crippen molar-refractivity contribution >= 4 is 22.4 Å². The molecule has 4 aromatic rings. The third kappa shape index (κ3) is 4.65. The molecule has 1 saturated heterocycles. The van der Waals surface area contributed by atoms with Gasteiger partial charge in [-0.1, -0.05) is 25.5 Å². The fraction of sp³-hybridized carbons (Fsp3) is 0.333. The quantitative estimate of drug-likeness (QED) is 0.392. The number of carbonyl (C=O) groups is 1. The summed E-state index contributed by atoms with van der Waals surface area (Å²) in [7, 11) is 1.91. The Balaban J connectivity index is 1.33. The number of aromatic nitrogens is 4. The molecule has 0 atom stereocenters. The average molecular weight is 440 g/mol. The Morgan fingerprint density at radius 1 is 1.00 bits per heavy atom. The summed E-state index contributed by atoms with van der Waals surface area (Å²) in [5.41, 5.74) is 3.65. The minimum atomic E-state index is 0.0670. The molecule has 0 radical (unpaired) electrons. The van der Waals surface area contributed by atoms with Gasteiger partial charge < -0.3 is 4.90 Å². The zero-order valence-corrected chi connectivity index (χ0v) is 19.2. The normalized spacial score (nSPS) is 14.7. The van der Waals surface area contributed by atoms with Crippen LogP contribution in [-0.4, -0.2) is 38.6 Å². The molecule has 0 amide bonds. The van der Waals surface area contributed by atoms with Crippen molar-refractivity contribution in [2.75, 3.05) is 18.0 Å². The molecule has 0 bridgehead atoms. The van der Waals surface area contributed by atoms with Crippen molar-refractivity contribution in [2.24, 2.45) is 13.0 Å². The number of hydrogen-bond donors (Lipinski definition) is 0. The van der Waals surface area contributed by atoms with Crippen molar-refractivity contribution in [2.45, 2.75) is 32.6 Å². The van der Waals surface area contributed by atoms with Gasteiger partial charge in [-0.3, -0.25) is 14.5 Å². The van der Waals surface area contributed by atoms with Crippen LogP contribution in [0.5, 0.6) is 0 Å². The summed E-state index contributed by atoms with van der Waals surface area (Å²) in [5, 5.41) is 6.39. The molecular formula is C27H29N5O. The number of hydrogen-bond acceptors (Lipinski definition) is 5. The third-order valence-corrected chi connectivity index (χ3v) is 6.74. The second kappa shape index (κ2) is 9.14. The van der Waals surface area contributed by atoms with Crippen LogP contribution in [0.3, 0.4) is 0 Å². The SMILES string of the molecule is CCC1CCN(c2cc(C(=O)Cc3cc4cc(-c5cnn(C)c5)ccc4cn3)ccn2)CC1. The molecule has 6 nitrogen and oxygen atoms in total. The highest BCUT2D eigenvalue weighted by atomic mass is 16.1. The number of piperidine rings is 1. The maximum absolute atomic E-state index is 13.1. The maximum Gasteiger partial charge on any atom is 0.169 e. The summed E-state index contributed by atoms with van der Waals surface area (Å²) >= 11 is 0. The lowest BCUT2D eigenvalue weighted by molar-refractivity contribution is 0.0992. The van der Waals surface area contributed by atoms with E-state index in [1.807, 2.05) is 43.8 Å².